The molecule has 2 atom stereocenters. The highest BCUT2D eigenvalue weighted by Crippen LogP contribution is 2.23. The molecule has 0 aromatic heterocycles. The van der Waals surface area contributed by atoms with Crippen molar-refractivity contribution in [1.82, 2.24) is 10.2 Å². The lowest BCUT2D eigenvalue weighted by molar-refractivity contribution is -0.127. The zero-order chi connectivity index (χ0) is 11.3. The van der Waals surface area contributed by atoms with E-state index in [1.807, 2.05) is 0 Å². The SMILES string of the molecule is CN(C)C(=O)CNC1CCCCC1C#N. The first-order valence-electron chi connectivity index (χ1n) is 5.48. The summed E-state index contributed by atoms with van der Waals surface area (Å²) in [7, 11) is 3.49. The van der Waals surface area contributed by atoms with Gasteiger partial charge in [-0.05, 0) is 12.8 Å². The van der Waals surface area contributed by atoms with Gasteiger partial charge in [-0.25, -0.2) is 0 Å². The molecule has 2 unspecified atom stereocenters. The van der Waals surface area contributed by atoms with Crippen LogP contribution in [0.15, 0.2) is 0 Å². The van der Waals surface area contributed by atoms with E-state index in [-0.39, 0.29) is 17.9 Å². The summed E-state index contributed by atoms with van der Waals surface area (Å²) in [6.45, 7) is 0.343. The van der Waals surface area contributed by atoms with Crippen molar-refractivity contribution in [2.24, 2.45) is 5.92 Å². The van der Waals surface area contributed by atoms with Gasteiger partial charge in [0, 0.05) is 20.1 Å². The number of rotatable bonds is 3. The van der Waals surface area contributed by atoms with Crippen molar-refractivity contribution in [2.75, 3.05) is 20.6 Å². The predicted octanol–water partition coefficient (Wildman–Crippen LogP) is 0.747. The summed E-state index contributed by atoms with van der Waals surface area (Å²) in [5, 5.41) is 12.1. The summed E-state index contributed by atoms with van der Waals surface area (Å²) in [6.07, 6.45) is 4.27. The largest absolute Gasteiger partial charge is 0.348 e. The maximum Gasteiger partial charge on any atom is 0.236 e. The molecule has 84 valence electrons. The van der Waals surface area contributed by atoms with Gasteiger partial charge in [0.25, 0.3) is 0 Å². The molecule has 4 nitrogen and oxygen atoms in total. The number of carbonyl (C=O) groups is 1. The molecule has 1 rings (SSSR count). The zero-order valence-electron chi connectivity index (χ0n) is 9.49. The Balaban J connectivity index is 2.36. The summed E-state index contributed by atoms with van der Waals surface area (Å²) in [5.74, 6) is 0.144. The van der Waals surface area contributed by atoms with Crippen LogP contribution in [-0.4, -0.2) is 37.5 Å². The third-order valence-electron chi connectivity index (χ3n) is 2.95. The standard InChI is InChI=1S/C11H19N3O/c1-14(2)11(15)8-13-10-6-4-3-5-9(10)7-12/h9-10,13H,3-6,8H2,1-2H3. The van der Waals surface area contributed by atoms with Crippen LogP contribution in [0.25, 0.3) is 0 Å². The van der Waals surface area contributed by atoms with Gasteiger partial charge < -0.3 is 10.2 Å². The molecule has 0 bridgehead atoms. The van der Waals surface area contributed by atoms with E-state index < -0.39 is 0 Å². The third kappa shape index (κ3) is 3.52. The summed E-state index contributed by atoms with van der Waals surface area (Å²) in [6, 6.07) is 2.52. The Kier molecular flexibility index (Phi) is 4.57. The van der Waals surface area contributed by atoms with Gasteiger partial charge in [0.05, 0.1) is 18.5 Å². The fraction of sp³-hybridized carbons (Fsp3) is 0.818. The number of nitrogens with one attached hydrogen (secondary N) is 1. The van der Waals surface area contributed by atoms with Crippen molar-refractivity contribution < 1.29 is 4.79 Å². The van der Waals surface area contributed by atoms with E-state index in [1.54, 1.807) is 19.0 Å². The summed E-state index contributed by atoms with van der Waals surface area (Å²) in [5.41, 5.74) is 0. The van der Waals surface area contributed by atoms with E-state index in [1.165, 1.54) is 0 Å². The van der Waals surface area contributed by atoms with Crippen molar-refractivity contribution in [3.05, 3.63) is 0 Å². The normalized spacial score (nSPS) is 25.7. The molecule has 0 aromatic rings. The van der Waals surface area contributed by atoms with Crippen LogP contribution in [0.4, 0.5) is 0 Å². The van der Waals surface area contributed by atoms with Crippen LogP contribution in [0, 0.1) is 17.2 Å². The second-order valence-corrected chi connectivity index (χ2v) is 4.30. The van der Waals surface area contributed by atoms with Crippen LogP contribution in [0.3, 0.4) is 0 Å². The fourth-order valence-electron chi connectivity index (χ4n) is 1.91. The Morgan fingerprint density at radius 2 is 2.13 bits per heavy atom. The lowest BCUT2D eigenvalue weighted by Crippen LogP contribution is -2.43. The van der Waals surface area contributed by atoms with Gasteiger partial charge in [-0.15, -0.1) is 0 Å². The van der Waals surface area contributed by atoms with Crippen LogP contribution in [-0.2, 0) is 4.79 Å². The van der Waals surface area contributed by atoms with Crippen LogP contribution in [0.1, 0.15) is 25.7 Å². The topological polar surface area (TPSA) is 56.1 Å². The summed E-state index contributed by atoms with van der Waals surface area (Å²) >= 11 is 0. The van der Waals surface area contributed by atoms with Crippen molar-refractivity contribution in [3.63, 3.8) is 0 Å². The van der Waals surface area contributed by atoms with Crippen LogP contribution in [0.2, 0.25) is 0 Å². The third-order valence-corrected chi connectivity index (χ3v) is 2.95. The van der Waals surface area contributed by atoms with Gasteiger partial charge in [0.2, 0.25) is 5.91 Å². The van der Waals surface area contributed by atoms with E-state index >= 15 is 0 Å². The van der Waals surface area contributed by atoms with E-state index in [0.717, 1.165) is 25.7 Å². The van der Waals surface area contributed by atoms with Gasteiger partial charge in [-0.1, -0.05) is 12.8 Å². The highest BCUT2D eigenvalue weighted by Gasteiger charge is 2.24. The molecule has 0 aliphatic heterocycles. The molecule has 1 saturated carbocycles. The van der Waals surface area contributed by atoms with Crippen LogP contribution < -0.4 is 5.32 Å². The van der Waals surface area contributed by atoms with E-state index in [9.17, 15) is 4.79 Å². The van der Waals surface area contributed by atoms with Gasteiger partial charge in [-0.3, -0.25) is 4.79 Å². The van der Waals surface area contributed by atoms with Crippen LogP contribution in [0.5, 0.6) is 0 Å². The zero-order valence-corrected chi connectivity index (χ0v) is 9.49. The number of likely N-dealkylation sites (N-methyl/N-ethyl adjacent to an activating group) is 1. The summed E-state index contributed by atoms with van der Waals surface area (Å²) in [4.78, 5) is 12.9. The van der Waals surface area contributed by atoms with E-state index in [4.69, 9.17) is 5.26 Å². The lowest BCUT2D eigenvalue weighted by atomic mass is 9.85. The number of nitrogens with zero attached hydrogens (tertiary/aromatic N) is 2. The molecular formula is C11H19N3O. The molecule has 0 heterocycles. The van der Waals surface area contributed by atoms with Crippen LogP contribution >= 0.6 is 0 Å². The first-order valence-corrected chi connectivity index (χ1v) is 5.48. The number of amides is 1. The predicted molar refractivity (Wildman–Crippen MR) is 58.1 cm³/mol. The monoisotopic (exact) mass is 209 g/mol. The van der Waals surface area contributed by atoms with E-state index in [0.29, 0.717) is 6.54 Å². The molecule has 4 heteroatoms. The number of carbonyl (C=O) groups excluding carboxylic acids is 1. The molecule has 0 radical (unpaired) electrons. The maximum atomic E-state index is 11.4. The average molecular weight is 209 g/mol. The van der Waals surface area contributed by atoms with E-state index in [2.05, 4.69) is 11.4 Å². The Hall–Kier alpha value is -1.08. The number of hydrogen-bond acceptors (Lipinski definition) is 3. The average Bonchev–Trinajstić information content (AvgIpc) is 2.26. The Bertz CT molecular complexity index is 257. The van der Waals surface area contributed by atoms with Crippen molar-refractivity contribution in [2.45, 2.75) is 31.7 Å². The molecule has 0 aromatic carbocycles. The second-order valence-electron chi connectivity index (χ2n) is 4.30. The minimum Gasteiger partial charge on any atom is -0.348 e. The smallest absolute Gasteiger partial charge is 0.236 e. The van der Waals surface area contributed by atoms with Crippen molar-refractivity contribution in [3.8, 4) is 6.07 Å². The molecule has 1 N–H and O–H groups in total. The molecule has 0 saturated heterocycles. The lowest BCUT2D eigenvalue weighted by Gasteiger charge is -2.27. The molecule has 0 spiro atoms. The van der Waals surface area contributed by atoms with Gasteiger partial charge in [0.1, 0.15) is 0 Å². The fourth-order valence-corrected chi connectivity index (χ4v) is 1.91. The Morgan fingerprint density at radius 3 is 2.73 bits per heavy atom. The highest BCUT2D eigenvalue weighted by atomic mass is 16.2. The Labute approximate surface area is 91.2 Å². The summed E-state index contributed by atoms with van der Waals surface area (Å²) < 4.78 is 0. The first kappa shape index (κ1) is 12.0. The minimum atomic E-state index is 0.0669. The molecule has 1 aliphatic rings. The number of nitriles is 1. The maximum absolute atomic E-state index is 11.4. The highest BCUT2D eigenvalue weighted by molar-refractivity contribution is 5.77. The molecule has 1 amide bonds. The quantitative estimate of drug-likeness (QED) is 0.746. The van der Waals surface area contributed by atoms with Crippen molar-refractivity contribution in [1.29, 1.82) is 5.26 Å². The minimum absolute atomic E-state index is 0.0669. The first-order chi connectivity index (χ1) is 7.15. The molecule has 15 heavy (non-hydrogen) atoms. The second kappa shape index (κ2) is 5.72. The molecular weight excluding hydrogens is 190 g/mol. The molecule has 1 aliphatic carbocycles. The van der Waals surface area contributed by atoms with Crippen molar-refractivity contribution >= 4 is 5.91 Å². The van der Waals surface area contributed by atoms with Gasteiger partial charge in [0.15, 0.2) is 0 Å². The number of hydrogen-bond donors (Lipinski definition) is 1. The van der Waals surface area contributed by atoms with Gasteiger partial charge in [-0.2, -0.15) is 5.26 Å². The Morgan fingerprint density at radius 1 is 1.47 bits per heavy atom. The van der Waals surface area contributed by atoms with Gasteiger partial charge >= 0.3 is 0 Å². The molecule has 1 fully saturated rings.